The molecule has 1 spiro atoms. The molecule has 3 aliphatic heterocycles. The average Bonchev–Trinajstić information content (AvgIpc) is 3.52. The molecule has 2 N–H and O–H groups in total. The van der Waals surface area contributed by atoms with Crippen molar-refractivity contribution in [3.05, 3.63) is 89.5 Å². The van der Waals surface area contributed by atoms with Crippen molar-refractivity contribution in [2.45, 2.75) is 88.9 Å². The van der Waals surface area contributed by atoms with E-state index in [-0.39, 0.29) is 43.8 Å². The van der Waals surface area contributed by atoms with Gasteiger partial charge in [-0.05, 0) is 67.4 Å². The lowest BCUT2D eigenvalue weighted by atomic mass is 9.82. The number of benzene rings is 3. The van der Waals surface area contributed by atoms with E-state index in [1.54, 1.807) is 16.9 Å². The predicted octanol–water partition coefficient (Wildman–Crippen LogP) is 5.75. The van der Waals surface area contributed by atoms with Gasteiger partial charge in [0.2, 0.25) is 11.8 Å². The van der Waals surface area contributed by atoms with Crippen molar-refractivity contribution >= 4 is 37.4 Å². The molecule has 0 aromatic heterocycles. The van der Waals surface area contributed by atoms with Gasteiger partial charge in [-0.3, -0.25) is 14.4 Å². The number of nitrogens with zero attached hydrogens (tertiary/aromatic N) is 3. The lowest BCUT2D eigenvalue weighted by Gasteiger charge is -2.32. The summed E-state index contributed by atoms with van der Waals surface area (Å²) < 4.78 is 12.6. The van der Waals surface area contributed by atoms with E-state index in [1.807, 2.05) is 97.7 Å². The molecule has 10 nitrogen and oxygen atoms in total. The standard InChI is InChI=1S/C40H51N3O7Si/c1-28-38(51(3,4)48)35(25-37(46)41(21-22-44)26-29-13-8-7-9-14-29)50-40(28)33-24-32(49-2)18-19-34(33)43(39(40)47)27-30-15-12-16-31(23-30)42-20-11-6-5-10-17-36(42)45/h7-9,12-16,18-19,23-24,28,35,38,44,48H,5-6,10-11,17,20-22,25-27H2,1-4H3/t28-,35+,38-,40+/m1/s1. The van der Waals surface area contributed by atoms with Crippen molar-refractivity contribution in [2.75, 3.05) is 36.6 Å². The highest BCUT2D eigenvalue weighted by Crippen LogP contribution is 2.60. The van der Waals surface area contributed by atoms with Crippen molar-refractivity contribution in [1.29, 1.82) is 0 Å². The van der Waals surface area contributed by atoms with E-state index < -0.39 is 31.5 Å². The summed E-state index contributed by atoms with van der Waals surface area (Å²) in [7, 11) is -1.45. The molecule has 0 saturated carbocycles. The Balaban J connectivity index is 1.33. The van der Waals surface area contributed by atoms with Crippen LogP contribution in [0.2, 0.25) is 18.6 Å². The Morgan fingerprint density at radius 3 is 2.47 bits per heavy atom. The SMILES string of the molecule is COc1ccc2c(c1)[C@]1(O[C@@H](CC(=O)N(CCO)Cc3ccccc3)[C@H]([Si](C)(C)O)[C@H]1C)C(=O)N2Cc1cccc(N2CCCCCCC2=O)c1. The summed E-state index contributed by atoms with van der Waals surface area (Å²) in [5.41, 5.74) is 2.09. The largest absolute Gasteiger partial charge is 0.497 e. The number of aliphatic hydroxyl groups excluding tert-OH is 1. The molecule has 0 aliphatic carbocycles. The second-order valence-corrected chi connectivity index (χ2v) is 18.7. The first-order valence-electron chi connectivity index (χ1n) is 18.2. The fourth-order valence-electron chi connectivity index (χ4n) is 8.50. The number of ether oxygens (including phenoxy) is 2. The zero-order valence-corrected chi connectivity index (χ0v) is 31.2. The van der Waals surface area contributed by atoms with Gasteiger partial charge >= 0.3 is 0 Å². The third-order valence-electron chi connectivity index (χ3n) is 10.9. The monoisotopic (exact) mass is 713 g/mol. The molecule has 3 heterocycles. The second-order valence-electron chi connectivity index (χ2n) is 14.7. The van der Waals surface area contributed by atoms with Crippen molar-refractivity contribution < 1.29 is 33.8 Å². The number of methoxy groups -OCH3 is 1. The maximum atomic E-state index is 15.0. The Hall–Kier alpha value is -4.03. The van der Waals surface area contributed by atoms with Crippen LogP contribution in [-0.4, -0.2) is 73.8 Å². The summed E-state index contributed by atoms with van der Waals surface area (Å²) in [6, 6.07) is 23.0. The molecule has 3 aromatic rings. The van der Waals surface area contributed by atoms with E-state index in [4.69, 9.17) is 9.47 Å². The molecule has 3 aliphatic rings. The zero-order chi connectivity index (χ0) is 36.3. The van der Waals surface area contributed by atoms with Crippen molar-refractivity contribution in [2.24, 2.45) is 5.92 Å². The zero-order valence-electron chi connectivity index (χ0n) is 30.2. The van der Waals surface area contributed by atoms with E-state index in [0.29, 0.717) is 36.5 Å². The predicted molar refractivity (Wildman–Crippen MR) is 199 cm³/mol. The first-order chi connectivity index (χ1) is 24.5. The normalized spacial score (nSPS) is 23.7. The fraction of sp³-hybridized carbons (Fsp3) is 0.475. The van der Waals surface area contributed by atoms with Gasteiger partial charge in [0.15, 0.2) is 13.9 Å². The van der Waals surface area contributed by atoms with Gasteiger partial charge in [-0.25, -0.2) is 0 Å². The molecule has 0 bridgehead atoms. The minimum atomic E-state index is -3.03. The van der Waals surface area contributed by atoms with Crippen molar-refractivity contribution in [3.63, 3.8) is 0 Å². The van der Waals surface area contributed by atoms with Crippen LogP contribution in [0.4, 0.5) is 11.4 Å². The van der Waals surface area contributed by atoms with Gasteiger partial charge in [-0.1, -0.05) is 62.2 Å². The van der Waals surface area contributed by atoms with Gasteiger partial charge < -0.3 is 34.1 Å². The van der Waals surface area contributed by atoms with Crippen LogP contribution in [0.3, 0.4) is 0 Å². The third-order valence-corrected chi connectivity index (χ3v) is 13.4. The van der Waals surface area contributed by atoms with E-state index in [0.717, 1.165) is 42.5 Å². The van der Waals surface area contributed by atoms with Crippen LogP contribution in [0.15, 0.2) is 72.8 Å². The number of aliphatic hydroxyl groups is 1. The van der Waals surface area contributed by atoms with Crippen LogP contribution in [0.1, 0.15) is 62.1 Å². The van der Waals surface area contributed by atoms with Crippen LogP contribution in [0.25, 0.3) is 0 Å². The number of hydrogen-bond donors (Lipinski definition) is 2. The van der Waals surface area contributed by atoms with E-state index in [1.165, 1.54) is 0 Å². The molecule has 4 atom stereocenters. The molecular formula is C40H51N3O7Si. The van der Waals surface area contributed by atoms with E-state index in [9.17, 15) is 19.5 Å². The summed E-state index contributed by atoms with van der Waals surface area (Å²) in [4.78, 5) is 59.0. The highest BCUT2D eigenvalue weighted by atomic mass is 28.4. The van der Waals surface area contributed by atoms with Gasteiger partial charge in [0.1, 0.15) is 5.75 Å². The third kappa shape index (κ3) is 7.35. The summed E-state index contributed by atoms with van der Waals surface area (Å²) in [6.45, 7) is 6.84. The molecule has 3 amide bonds. The highest BCUT2D eigenvalue weighted by molar-refractivity contribution is 6.71. The Kier molecular flexibility index (Phi) is 11.0. The molecule has 51 heavy (non-hydrogen) atoms. The first kappa shape index (κ1) is 36.7. The average molecular weight is 714 g/mol. The number of rotatable bonds is 11. The number of hydrogen-bond acceptors (Lipinski definition) is 7. The van der Waals surface area contributed by atoms with Gasteiger partial charge in [-0.15, -0.1) is 0 Å². The van der Waals surface area contributed by atoms with E-state index >= 15 is 4.79 Å². The van der Waals surface area contributed by atoms with E-state index in [2.05, 4.69) is 0 Å². The Morgan fingerprint density at radius 2 is 1.75 bits per heavy atom. The number of carbonyl (C=O) groups excluding carboxylic acids is 3. The van der Waals surface area contributed by atoms with Crippen molar-refractivity contribution in [3.8, 4) is 5.75 Å². The molecule has 11 heteroatoms. The minimum absolute atomic E-state index is 0.0426. The summed E-state index contributed by atoms with van der Waals surface area (Å²) in [5.74, 6) is -0.229. The number of fused-ring (bicyclic) bond motifs is 2. The maximum absolute atomic E-state index is 15.0. The lowest BCUT2D eigenvalue weighted by molar-refractivity contribution is -0.150. The molecule has 0 unspecified atom stereocenters. The van der Waals surface area contributed by atoms with Crippen LogP contribution in [-0.2, 0) is 37.8 Å². The lowest BCUT2D eigenvalue weighted by Crippen LogP contribution is -2.46. The molecular weight excluding hydrogens is 663 g/mol. The fourth-order valence-corrected chi connectivity index (χ4v) is 11.1. The minimum Gasteiger partial charge on any atom is -0.497 e. The molecule has 2 fully saturated rings. The molecule has 3 aromatic carbocycles. The topological polar surface area (TPSA) is 120 Å². The summed E-state index contributed by atoms with van der Waals surface area (Å²) in [5, 5.41) is 9.85. The van der Waals surface area contributed by atoms with Gasteiger partial charge in [0.25, 0.3) is 5.91 Å². The number of anilines is 2. The first-order valence-corrected chi connectivity index (χ1v) is 21.2. The van der Waals surface area contributed by atoms with Gasteiger partial charge in [-0.2, -0.15) is 0 Å². The van der Waals surface area contributed by atoms with Gasteiger partial charge in [0, 0.05) is 48.8 Å². The molecule has 2 saturated heterocycles. The number of carbonyl (C=O) groups is 3. The van der Waals surface area contributed by atoms with Gasteiger partial charge in [0.05, 0.1) is 38.5 Å². The smallest absolute Gasteiger partial charge is 0.264 e. The Morgan fingerprint density at radius 1 is 1.00 bits per heavy atom. The maximum Gasteiger partial charge on any atom is 0.264 e. The van der Waals surface area contributed by atoms with Crippen LogP contribution in [0, 0.1) is 5.92 Å². The van der Waals surface area contributed by atoms with Crippen LogP contribution >= 0.6 is 0 Å². The van der Waals surface area contributed by atoms with Crippen molar-refractivity contribution in [1.82, 2.24) is 4.90 Å². The summed E-state index contributed by atoms with van der Waals surface area (Å²) >= 11 is 0. The molecule has 0 radical (unpaired) electrons. The second kappa shape index (κ2) is 15.3. The molecule has 272 valence electrons. The highest BCUT2D eigenvalue weighted by Gasteiger charge is 2.66. The van der Waals surface area contributed by atoms with Crippen LogP contribution in [0.5, 0.6) is 5.75 Å². The Bertz CT molecular complexity index is 1730. The summed E-state index contributed by atoms with van der Waals surface area (Å²) in [6.07, 6.45) is 3.77. The molecule has 6 rings (SSSR count). The van der Waals surface area contributed by atoms with Crippen LogP contribution < -0.4 is 14.5 Å². The Labute approximate surface area is 302 Å². The quantitative estimate of drug-likeness (QED) is 0.243. The number of amides is 3.